The van der Waals surface area contributed by atoms with E-state index in [0.29, 0.717) is 34.3 Å². The standard InChI is InChI=1S/C59H77ClN8O8S/c1-36(38-14-16-39(17-15-38)50-37(2)62-35-77-50)63-53(72)47-30-42(69)33-68(47)54(73)51(57(3,4)5)64-49(70)34-75-48-13-11-10-12-46(48)67-26-24-66(25-27-67)28-29-74-43-21-18-40(19-22-43)52(71)65-55-58(6,7)56(59(55,8)9)76-44-23-20-41(32-61)45(60)31-44/h14-23,31,35-36,42,46-48,51,55-56,69H,10-13,24-30,33-34H2,1-9H3,(H,63,72)(H,64,70)(H,65,71)/t36-,42+,46-,47-,48-,51?,55-,56-/m0/s1. The topological polar surface area (TPSA) is 199 Å². The number of aryl methyl sites for hydroxylation is 1. The highest BCUT2D eigenvalue weighted by molar-refractivity contribution is 7.13. The first kappa shape index (κ1) is 57.6. The summed E-state index contributed by atoms with van der Waals surface area (Å²) >= 11 is 7.85. The predicted octanol–water partition coefficient (Wildman–Crippen LogP) is 7.95. The Balaban J connectivity index is 0.764. The molecule has 4 aromatic rings. The summed E-state index contributed by atoms with van der Waals surface area (Å²) in [6.07, 6.45) is 2.80. The zero-order chi connectivity index (χ0) is 55.4. The number of rotatable bonds is 18. The van der Waals surface area contributed by atoms with Gasteiger partial charge in [-0.1, -0.05) is 97.2 Å². The highest BCUT2D eigenvalue weighted by atomic mass is 35.5. The van der Waals surface area contributed by atoms with Crippen molar-refractivity contribution in [3.05, 3.63) is 99.6 Å². The third-order valence-corrected chi connectivity index (χ3v) is 17.5. The second-order valence-electron chi connectivity index (χ2n) is 23.6. The van der Waals surface area contributed by atoms with Gasteiger partial charge < -0.3 is 40.2 Å². The first-order valence-corrected chi connectivity index (χ1v) is 28.4. The van der Waals surface area contributed by atoms with Gasteiger partial charge in [0.1, 0.15) is 49.0 Å². The monoisotopic (exact) mass is 1090 g/mol. The Bertz CT molecular complexity index is 2750. The number of amides is 4. The van der Waals surface area contributed by atoms with Crippen LogP contribution in [0.5, 0.6) is 11.5 Å². The zero-order valence-electron chi connectivity index (χ0n) is 46.1. The van der Waals surface area contributed by atoms with Crippen LogP contribution in [0.25, 0.3) is 10.4 Å². The van der Waals surface area contributed by atoms with Gasteiger partial charge in [-0.05, 0) is 79.6 Å². The third kappa shape index (κ3) is 13.3. The van der Waals surface area contributed by atoms with Gasteiger partial charge >= 0.3 is 0 Å². The van der Waals surface area contributed by atoms with Gasteiger partial charge in [0.05, 0.1) is 44.9 Å². The summed E-state index contributed by atoms with van der Waals surface area (Å²) in [4.78, 5) is 67.1. The minimum atomic E-state index is -0.956. The molecule has 2 saturated heterocycles. The van der Waals surface area contributed by atoms with E-state index in [1.807, 2.05) is 76.5 Å². The Hall–Kier alpha value is -5.61. The number of halogens is 1. The van der Waals surface area contributed by atoms with Crippen LogP contribution in [0.3, 0.4) is 0 Å². The van der Waals surface area contributed by atoms with Crippen molar-refractivity contribution in [3.63, 3.8) is 0 Å². The number of aromatic nitrogens is 1. The maximum absolute atomic E-state index is 14.4. The van der Waals surface area contributed by atoms with Crippen molar-refractivity contribution in [1.29, 1.82) is 5.26 Å². The summed E-state index contributed by atoms with van der Waals surface area (Å²) in [5.74, 6) is -0.0578. The minimum Gasteiger partial charge on any atom is -0.492 e. The number of carbonyl (C=O) groups is 4. The van der Waals surface area contributed by atoms with Crippen LogP contribution >= 0.6 is 22.9 Å². The Kier molecular flexibility index (Phi) is 18.1. The normalized spacial score (nSPS) is 24.2. The lowest BCUT2D eigenvalue weighted by Crippen LogP contribution is -2.74. The Labute approximate surface area is 463 Å². The van der Waals surface area contributed by atoms with Crippen molar-refractivity contribution in [2.45, 2.75) is 143 Å². The third-order valence-electron chi connectivity index (χ3n) is 16.3. The molecular weight excluding hydrogens is 1020 g/mol. The van der Waals surface area contributed by atoms with E-state index in [1.165, 1.54) is 4.90 Å². The number of hydrogen-bond acceptors (Lipinski definition) is 13. The maximum Gasteiger partial charge on any atom is 0.251 e. The molecule has 6 atom stereocenters. The number of carbonyl (C=O) groups excluding carboxylic acids is 4. The van der Waals surface area contributed by atoms with E-state index in [2.05, 4.69) is 64.5 Å². The molecule has 0 bridgehead atoms. The number of nitrogens with one attached hydrogen (secondary N) is 3. The van der Waals surface area contributed by atoms with Gasteiger partial charge in [0, 0.05) is 80.2 Å². The molecule has 1 unspecified atom stereocenters. The molecule has 77 heavy (non-hydrogen) atoms. The fraction of sp³-hybridized carbons (Fsp3) is 0.559. The van der Waals surface area contributed by atoms with Crippen molar-refractivity contribution in [2.24, 2.45) is 16.2 Å². The number of benzene rings is 3. The number of piperazine rings is 1. The first-order valence-electron chi connectivity index (χ1n) is 27.1. The summed E-state index contributed by atoms with van der Waals surface area (Å²) in [6, 6.07) is 20.2. The second-order valence-corrected chi connectivity index (χ2v) is 24.9. The van der Waals surface area contributed by atoms with Gasteiger partial charge in [0.15, 0.2) is 0 Å². The molecule has 4 amide bonds. The van der Waals surface area contributed by atoms with Gasteiger partial charge in [0.2, 0.25) is 17.7 Å². The van der Waals surface area contributed by atoms with Crippen LogP contribution in [0.15, 0.2) is 72.2 Å². The number of nitriles is 1. The quantitative estimate of drug-likeness (QED) is 0.0752. The van der Waals surface area contributed by atoms with Crippen LogP contribution in [0, 0.1) is 34.5 Å². The summed E-state index contributed by atoms with van der Waals surface area (Å²) in [5, 5.41) is 29.7. The smallest absolute Gasteiger partial charge is 0.251 e. The SMILES string of the molecule is Cc1ncsc1-c1ccc([C@H](C)NC(=O)[C@@H]2C[C@@H](O)CN2C(=O)C(NC(=O)CO[C@H]2CCCC[C@@H]2N2CCN(CCOc3ccc(C(=O)N[C@H]4C(C)(C)[C@H](Oc5ccc(C#N)c(Cl)c5)C4(C)C)cc3)CC2)C(C)(C)C)cc1. The largest absolute Gasteiger partial charge is 0.492 e. The fourth-order valence-corrected chi connectivity index (χ4v) is 13.2. The Morgan fingerprint density at radius 2 is 1.61 bits per heavy atom. The number of β-amino-alcohol motifs (C(OH)–C–C–N with tert-alkyl or cyclic N) is 1. The highest BCUT2D eigenvalue weighted by Crippen LogP contribution is 2.55. The van der Waals surface area contributed by atoms with Crippen molar-refractivity contribution in [1.82, 2.24) is 35.6 Å². The molecule has 3 heterocycles. The van der Waals surface area contributed by atoms with Crippen LogP contribution in [-0.2, 0) is 19.1 Å². The van der Waals surface area contributed by atoms with Gasteiger partial charge in [-0.25, -0.2) is 4.98 Å². The second kappa shape index (κ2) is 24.2. The van der Waals surface area contributed by atoms with Crippen molar-refractivity contribution < 1.29 is 38.5 Å². The molecular formula is C59H77ClN8O8S. The van der Waals surface area contributed by atoms with Crippen LogP contribution in [-0.4, -0.2) is 143 Å². The predicted molar refractivity (Wildman–Crippen MR) is 298 cm³/mol. The molecule has 2 aliphatic heterocycles. The van der Waals surface area contributed by atoms with E-state index in [1.54, 1.807) is 41.7 Å². The average Bonchev–Trinajstić information content (AvgIpc) is 4.04. The van der Waals surface area contributed by atoms with E-state index < -0.39 is 35.4 Å². The van der Waals surface area contributed by atoms with Gasteiger partial charge in [-0.15, -0.1) is 11.3 Å². The number of aliphatic hydroxyl groups excluding tert-OH is 1. The molecule has 18 heteroatoms. The van der Waals surface area contributed by atoms with Crippen LogP contribution in [0.1, 0.15) is 121 Å². The number of nitrogens with zero attached hydrogens (tertiary/aromatic N) is 5. The fourth-order valence-electron chi connectivity index (χ4n) is 12.2. The Morgan fingerprint density at radius 1 is 0.935 bits per heavy atom. The highest BCUT2D eigenvalue weighted by Gasteiger charge is 2.64. The molecule has 0 radical (unpaired) electrons. The van der Waals surface area contributed by atoms with Gasteiger partial charge in [-0.3, -0.25) is 29.0 Å². The summed E-state index contributed by atoms with van der Waals surface area (Å²) in [5.41, 5.74) is 4.22. The van der Waals surface area contributed by atoms with E-state index in [9.17, 15) is 29.5 Å². The van der Waals surface area contributed by atoms with Gasteiger partial charge in [0.25, 0.3) is 5.91 Å². The molecule has 0 spiro atoms. The van der Waals surface area contributed by atoms with Crippen LogP contribution in [0.2, 0.25) is 5.02 Å². The molecule has 4 fully saturated rings. The summed E-state index contributed by atoms with van der Waals surface area (Å²) in [7, 11) is 0. The average molecular weight is 1090 g/mol. The number of ether oxygens (including phenoxy) is 3. The maximum atomic E-state index is 14.4. The summed E-state index contributed by atoms with van der Waals surface area (Å²) < 4.78 is 18.9. The summed E-state index contributed by atoms with van der Waals surface area (Å²) in [6.45, 7) is 22.3. The van der Waals surface area contributed by atoms with Crippen molar-refractivity contribution >= 4 is 46.6 Å². The van der Waals surface area contributed by atoms with E-state index in [-0.39, 0.29) is 72.6 Å². The lowest BCUT2D eigenvalue weighted by molar-refractivity contribution is -0.164. The molecule has 3 aromatic carbocycles. The molecule has 1 aromatic heterocycles. The molecule has 414 valence electrons. The lowest BCUT2D eigenvalue weighted by atomic mass is 9.49. The molecule has 4 aliphatic rings. The van der Waals surface area contributed by atoms with Crippen LogP contribution < -0.4 is 25.4 Å². The zero-order valence-corrected chi connectivity index (χ0v) is 47.6. The molecule has 2 saturated carbocycles. The van der Waals surface area contributed by atoms with Crippen molar-refractivity contribution in [2.75, 3.05) is 52.5 Å². The van der Waals surface area contributed by atoms with Crippen LogP contribution in [0.4, 0.5) is 0 Å². The number of hydrogen-bond donors (Lipinski definition) is 4. The number of thiazole rings is 1. The Morgan fingerprint density at radius 3 is 2.25 bits per heavy atom. The molecule has 4 N–H and O–H groups in total. The minimum absolute atomic E-state index is 0.00831. The molecule has 16 nitrogen and oxygen atoms in total. The number of aliphatic hydroxyl groups is 1. The van der Waals surface area contributed by atoms with E-state index in [0.717, 1.165) is 80.1 Å². The lowest BCUT2D eigenvalue weighted by Gasteiger charge is -2.63. The first-order chi connectivity index (χ1) is 36.5. The van der Waals surface area contributed by atoms with Gasteiger partial charge in [-0.2, -0.15) is 5.26 Å². The van der Waals surface area contributed by atoms with E-state index in [4.69, 9.17) is 25.8 Å². The van der Waals surface area contributed by atoms with Crippen molar-refractivity contribution in [3.8, 4) is 28.0 Å². The molecule has 8 rings (SSSR count). The number of likely N-dealkylation sites (tertiary alicyclic amines) is 1. The molecule has 2 aliphatic carbocycles. The van der Waals surface area contributed by atoms with E-state index >= 15 is 0 Å².